The standard InChI is InChI=1S/C15H12FNOS/c16-15-7-13(9-17)6-14(8-15)11-19(18)10-12-4-2-1-3-5-12/h1-8H,10-11H2. The summed E-state index contributed by atoms with van der Waals surface area (Å²) in [6.07, 6.45) is 0. The van der Waals surface area contributed by atoms with E-state index in [9.17, 15) is 8.60 Å². The van der Waals surface area contributed by atoms with Crippen LogP contribution in [0.5, 0.6) is 0 Å². The first-order chi connectivity index (χ1) is 9.17. The van der Waals surface area contributed by atoms with Crippen molar-refractivity contribution in [3.63, 3.8) is 0 Å². The first kappa shape index (κ1) is 13.4. The molecule has 0 heterocycles. The molecule has 0 spiro atoms. The van der Waals surface area contributed by atoms with Crippen LogP contribution >= 0.6 is 0 Å². The third-order valence-corrected chi connectivity index (χ3v) is 3.90. The molecule has 1 unspecified atom stereocenters. The van der Waals surface area contributed by atoms with Gasteiger partial charge >= 0.3 is 0 Å². The van der Waals surface area contributed by atoms with E-state index in [1.807, 2.05) is 36.4 Å². The summed E-state index contributed by atoms with van der Waals surface area (Å²) in [7, 11) is -1.12. The molecule has 2 nitrogen and oxygen atoms in total. The highest BCUT2D eigenvalue weighted by Gasteiger charge is 2.06. The molecule has 0 saturated carbocycles. The average molecular weight is 273 g/mol. The number of rotatable bonds is 4. The fraction of sp³-hybridized carbons (Fsp3) is 0.133. The molecule has 0 radical (unpaired) electrons. The lowest BCUT2D eigenvalue weighted by atomic mass is 10.1. The quantitative estimate of drug-likeness (QED) is 0.858. The fourth-order valence-electron chi connectivity index (χ4n) is 1.80. The van der Waals surface area contributed by atoms with Crippen molar-refractivity contribution < 1.29 is 8.60 Å². The zero-order valence-electron chi connectivity index (χ0n) is 10.2. The molecular weight excluding hydrogens is 261 g/mol. The molecule has 0 aromatic heterocycles. The van der Waals surface area contributed by atoms with Crippen LogP contribution in [0.15, 0.2) is 48.5 Å². The summed E-state index contributed by atoms with van der Waals surface area (Å²) in [6.45, 7) is 0. The van der Waals surface area contributed by atoms with Crippen LogP contribution < -0.4 is 0 Å². The summed E-state index contributed by atoms with van der Waals surface area (Å²) in [5.41, 5.74) is 1.83. The van der Waals surface area contributed by atoms with Gasteiger partial charge in [-0.1, -0.05) is 30.3 Å². The Hall–Kier alpha value is -1.99. The third-order valence-electron chi connectivity index (χ3n) is 2.58. The van der Waals surface area contributed by atoms with Gasteiger partial charge in [0.05, 0.1) is 11.6 Å². The smallest absolute Gasteiger partial charge is 0.124 e. The van der Waals surface area contributed by atoms with Gasteiger partial charge in [-0.15, -0.1) is 0 Å². The predicted octanol–water partition coefficient (Wildman–Crippen LogP) is 3.15. The molecule has 2 aromatic rings. The lowest BCUT2D eigenvalue weighted by molar-refractivity contribution is 0.625. The second-order valence-corrected chi connectivity index (χ2v) is 5.63. The lowest BCUT2D eigenvalue weighted by Gasteiger charge is -2.04. The van der Waals surface area contributed by atoms with E-state index in [4.69, 9.17) is 5.26 Å². The van der Waals surface area contributed by atoms with Crippen LogP contribution in [0.3, 0.4) is 0 Å². The van der Waals surface area contributed by atoms with Crippen LogP contribution in [-0.2, 0) is 22.3 Å². The molecule has 96 valence electrons. The van der Waals surface area contributed by atoms with Gasteiger partial charge in [0, 0.05) is 22.3 Å². The summed E-state index contributed by atoms with van der Waals surface area (Å²) in [4.78, 5) is 0. The maximum Gasteiger partial charge on any atom is 0.124 e. The van der Waals surface area contributed by atoms with E-state index in [-0.39, 0.29) is 11.3 Å². The Bertz CT molecular complexity index is 634. The predicted molar refractivity (Wildman–Crippen MR) is 73.1 cm³/mol. The Kier molecular flexibility index (Phi) is 4.43. The Labute approximate surface area is 114 Å². The number of halogens is 1. The first-order valence-corrected chi connectivity index (χ1v) is 7.24. The summed E-state index contributed by atoms with van der Waals surface area (Å²) >= 11 is 0. The van der Waals surface area contributed by atoms with Crippen molar-refractivity contribution in [3.05, 3.63) is 71.0 Å². The van der Waals surface area contributed by atoms with E-state index in [2.05, 4.69) is 0 Å². The van der Waals surface area contributed by atoms with E-state index in [1.165, 1.54) is 12.1 Å². The first-order valence-electron chi connectivity index (χ1n) is 5.76. The SMILES string of the molecule is N#Cc1cc(F)cc(CS(=O)Cc2ccccc2)c1. The van der Waals surface area contributed by atoms with E-state index < -0.39 is 16.6 Å². The highest BCUT2D eigenvalue weighted by Crippen LogP contribution is 2.13. The number of benzene rings is 2. The molecule has 4 heteroatoms. The molecule has 0 fully saturated rings. The minimum absolute atomic E-state index is 0.251. The van der Waals surface area contributed by atoms with Crippen molar-refractivity contribution in [3.8, 4) is 6.07 Å². The zero-order valence-corrected chi connectivity index (χ0v) is 11.0. The number of nitrogens with zero attached hydrogens (tertiary/aromatic N) is 1. The van der Waals surface area contributed by atoms with Crippen LogP contribution in [0, 0.1) is 17.1 Å². The zero-order chi connectivity index (χ0) is 13.7. The molecule has 0 N–H and O–H groups in total. The Morgan fingerprint density at radius 1 is 1.05 bits per heavy atom. The van der Waals surface area contributed by atoms with Crippen molar-refractivity contribution in [2.75, 3.05) is 0 Å². The van der Waals surface area contributed by atoms with Gasteiger partial charge in [-0.2, -0.15) is 5.26 Å². The Balaban J connectivity index is 2.07. The van der Waals surface area contributed by atoms with Gasteiger partial charge in [0.15, 0.2) is 0 Å². The summed E-state index contributed by atoms with van der Waals surface area (Å²) in [5.74, 6) is 0.214. The molecule has 0 aliphatic carbocycles. The van der Waals surface area contributed by atoms with Gasteiger partial charge in [-0.25, -0.2) is 4.39 Å². The molecular formula is C15H12FNOS. The second kappa shape index (κ2) is 6.26. The van der Waals surface area contributed by atoms with Crippen LogP contribution in [-0.4, -0.2) is 4.21 Å². The van der Waals surface area contributed by atoms with Crippen LogP contribution in [0.25, 0.3) is 0 Å². The molecule has 0 aliphatic rings. The number of hydrogen-bond donors (Lipinski definition) is 0. The Morgan fingerprint density at radius 3 is 2.42 bits per heavy atom. The fourth-order valence-corrected chi connectivity index (χ4v) is 3.00. The van der Waals surface area contributed by atoms with Crippen molar-refractivity contribution in [2.45, 2.75) is 11.5 Å². The monoisotopic (exact) mass is 273 g/mol. The van der Waals surface area contributed by atoms with E-state index in [1.54, 1.807) is 6.07 Å². The minimum Gasteiger partial charge on any atom is -0.259 e. The molecule has 0 bridgehead atoms. The van der Waals surface area contributed by atoms with Gasteiger partial charge < -0.3 is 0 Å². The van der Waals surface area contributed by atoms with Crippen molar-refractivity contribution >= 4 is 10.8 Å². The van der Waals surface area contributed by atoms with Gasteiger partial charge in [0.25, 0.3) is 0 Å². The second-order valence-electron chi connectivity index (χ2n) is 4.17. The van der Waals surface area contributed by atoms with E-state index in [0.717, 1.165) is 5.56 Å². The normalized spacial score (nSPS) is 11.8. The summed E-state index contributed by atoms with van der Waals surface area (Å²) < 4.78 is 25.2. The summed E-state index contributed by atoms with van der Waals surface area (Å²) in [6, 6.07) is 15.5. The van der Waals surface area contributed by atoms with Gasteiger partial charge in [0.2, 0.25) is 0 Å². The average Bonchev–Trinajstić information content (AvgIpc) is 2.38. The van der Waals surface area contributed by atoms with Crippen molar-refractivity contribution in [2.24, 2.45) is 0 Å². The molecule has 19 heavy (non-hydrogen) atoms. The van der Waals surface area contributed by atoms with Gasteiger partial charge in [-0.3, -0.25) is 4.21 Å². The van der Waals surface area contributed by atoms with Crippen molar-refractivity contribution in [1.29, 1.82) is 5.26 Å². The molecule has 0 saturated heterocycles. The van der Waals surface area contributed by atoms with Crippen LogP contribution in [0.2, 0.25) is 0 Å². The van der Waals surface area contributed by atoms with Gasteiger partial charge in [-0.05, 0) is 29.3 Å². The maximum absolute atomic E-state index is 13.2. The van der Waals surface area contributed by atoms with Gasteiger partial charge in [0.1, 0.15) is 5.82 Å². The molecule has 0 aliphatic heterocycles. The lowest BCUT2D eigenvalue weighted by Crippen LogP contribution is -2.00. The number of hydrogen-bond acceptors (Lipinski definition) is 2. The largest absolute Gasteiger partial charge is 0.259 e. The molecule has 2 rings (SSSR count). The minimum atomic E-state index is -1.12. The Morgan fingerprint density at radius 2 is 1.74 bits per heavy atom. The van der Waals surface area contributed by atoms with Crippen LogP contribution in [0.4, 0.5) is 4.39 Å². The molecule has 0 amide bonds. The van der Waals surface area contributed by atoms with Crippen molar-refractivity contribution in [1.82, 2.24) is 0 Å². The highest BCUT2D eigenvalue weighted by molar-refractivity contribution is 7.83. The van der Waals surface area contributed by atoms with E-state index >= 15 is 0 Å². The maximum atomic E-state index is 13.2. The highest BCUT2D eigenvalue weighted by atomic mass is 32.2. The molecule has 1 atom stereocenters. The molecule has 2 aromatic carbocycles. The number of nitriles is 1. The topological polar surface area (TPSA) is 40.9 Å². The summed E-state index contributed by atoms with van der Waals surface area (Å²) in [5, 5.41) is 8.76. The van der Waals surface area contributed by atoms with E-state index in [0.29, 0.717) is 11.3 Å². The van der Waals surface area contributed by atoms with Crippen LogP contribution in [0.1, 0.15) is 16.7 Å². The third kappa shape index (κ3) is 4.01.